The van der Waals surface area contributed by atoms with E-state index >= 15 is 0 Å². The molecule has 10 heteroatoms. The number of benzene rings is 2. The lowest BCUT2D eigenvalue weighted by Gasteiger charge is -2.06. The van der Waals surface area contributed by atoms with Crippen LogP contribution in [0.4, 0.5) is 0 Å². The van der Waals surface area contributed by atoms with Crippen LogP contribution >= 0.6 is 34.3 Å². The summed E-state index contributed by atoms with van der Waals surface area (Å²) in [4.78, 5) is 10.0. The predicted octanol–water partition coefficient (Wildman–Crippen LogP) is 6.88. The van der Waals surface area contributed by atoms with Crippen molar-refractivity contribution in [2.45, 2.75) is 13.5 Å². The molecule has 0 unspecified atom stereocenters. The molecular formula is C24H17ClN4O3S2. The van der Waals surface area contributed by atoms with Gasteiger partial charge in [0.15, 0.2) is 5.76 Å². The second kappa shape index (κ2) is 8.43. The molecule has 6 aromatic rings. The fourth-order valence-electron chi connectivity index (χ4n) is 3.56. The van der Waals surface area contributed by atoms with Gasteiger partial charge in [-0.15, -0.1) is 16.4 Å². The normalized spacial score (nSPS) is 11.5. The molecule has 0 amide bonds. The lowest BCUT2D eigenvalue weighted by molar-refractivity contribution is 0.306. The maximum absolute atomic E-state index is 6.34. The number of rotatable bonds is 6. The number of methoxy groups -OCH3 is 1. The molecule has 0 bridgehead atoms. The lowest BCUT2D eigenvalue weighted by Crippen LogP contribution is -1.96. The molecule has 0 aliphatic rings. The molecule has 2 aromatic carbocycles. The largest absolute Gasteiger partial charge is 0.486 e. The number of fused-ring (bicyclic) bond motifs is 2. The Bertz CT molecular complexity index is 1600. The standard InChI is InChI=1S/C24H17ClN4O3S2/c1-13-3-5-14(6-4-13)22-26-16(12-33-22)11-31-19-7-15(25)8-20-17(19)9-21(32-20)18-10-29-23(27-18)34-24(28-29)30-2/h3-10,12H,11H2,1-2H3. The molecule has 0 saturated heterocycles. The number of hydrogen-bond acceptors (Lipinski definition) is 8. The average molecular weight is 509 g/mol. The van der Waals surface area contributed by atoms with Crippen LogP contribution in [0, 0.1) is 6.92 Å². The summed E-state index contributed by atoms with van der Waals surface area (Å²) >= 11 is 9.30. The summed E-state index contributed by atoms with van der Waals surface area (Å²) in [5, 5.41) is 9.18. The minimum atomic E-state index is 0.322. The highest BCUT2D eigenvalue weighted by Crippen LogP contribution is 2.37. The number of halogens is 1. The summed E-state index contributed by atoms with van der Waals surface area (Å²) in [6, 6.07) is 13.8. The third kappa shape index (κ3) is 3.91. The molecule has 0 aliphatic carbocycles. The molecule has 0 saturated carbocycles. The van der Waals surface area contributed by atoms with Gasteiger partial charge in [-0.1, -0.05) is 41.4 Å². The van der Waals surface area contributed by atoms with E-state index in [0.717, 1.165) is 26.6 Å². The van der Waals surface area contributed by atoms with Gasteiger partial charge in [0.25, 0.3) is 5.19 Å². The van der Waals surface area contributed by atoms with Crippen LogP contribution in [0.2, 0.25) is 5.02 Å². The second-order valence-electron chi connectivity index (χ2n) is 7.65. The van der Waals surface area contributed by atoms with Gasteiger partial charge in [0.05, 0.1) is 24.4 Å². The zero-order valence-corrected chi connectivity index (χ0v) is 20.5. The molecule has 34 heavy (non-hydrogen) atoms. The van der Waals surface area contributed by atoms with Crippen molar-refractivity contribution in [3.8, 4) is 33.0 Å². The molecule has 0 radical (unpaired) electrons. The van der Waals surface area contributed by atoms with Crippen LogP contribution in [0.25, 0.3) is 38.0 Å². The van der Waals surface area contributed by atoms with Crippen LogP contribution in [0.3, 0.4) is 0 Å². The second-order valence-corrected chi connectivity index (χ2v) is 9.86. The van der Waals surface area contributed by atoms with Crippen molar-refractivity contribution in [1.82, 2.24) is 19.6 Å². The Morgan fingerprint density at radius 2 is 1.97 bits per heavy atom. The molecule has 4 aromatic heterocycles. The molecule has 0 atom stereocenters. The van der Waals surface area contributed by atoms with Gasteiger partial charge in [-0.2, -0.15) is 0 Å². The van der Waals surface area contributed by atoms with E-state index in [4.69, 9.17) is 30.5 Å². The zero-order valence-electron chi connectivity index (χ0n) is 18.1. The Labute approximate surface area is 207 Å². The molecule has 170 valence electrons. The van der Waals surface area contributed by atoms with E-state index in [1.54, 1.807) is 41.3 Å². The lowest BCUT2D eigenvalue weighted by atomic mass is 10.2. The molecule has 0 N–H and O–H groups in total. The van der Waals surface area contributed by atoms with Crippen molar-refractivity contribution >= 4 is 50.2 Å². The number of aromatic nitrogens is 4. The van der Waals surface area contributed by atoms with Gasteiger partial charge in [0.2, 0.25) is 4.96 Å². The number of aryl methyl sites for hydroxylation is 1. The zero-order chi connectivity index (χ0) is 23.2. The van der Waals surface area contributed by atoms with Gasteiger partial charge in [-0.05, 0) is 30.4 Å². The highest BCUT2D eigenvalue weighted by Gasteiger charge is 2.17. The summed E-state index contributed by atoms with van der Waals surface area (Å²) in [5.74, 6) is 1.23. The Morgan fingerprint density at radius 1 is 1.12 bits per heavy atom. The quantitative estimate of drug-likeness (QED) is 0.244. The smallest absolute Gasteiger partial charge is 0.294 e. The highest BCUT2D eigenvalue weighted by atomic mass is 35.5. The van der Waals surface area contributed by atoms with Gasteiger partial charge >= 0.3 is 0 Å². The summed E-state index contributed by atoms with van der Waals surface area (Å²) in [6.07, 6.45) is 1.80. The molecule has 0 aliphatic heterocycles. The van der Waals surface area contributed by atoms with E-state index in [-0.39, 0.29) is 0 Å². The first-order valence-corrected chi connectivity index (χ1v) is 12.4. The number of ether oxygens (including phenoxy) is 2. The summed E-state index contributed by atoms with van der Waals surface area (Å²) in [7, 11) is 1.58. The SMILES string of the molecule is COc1nn2cc(-c3cc4c(OCc5csc(-c6ccc(C)cc6)n5)cc(Cl)cc4o3)nc2s1. The van der Waals surface area contributed by atoms with Crippen molar-refractivity contribution in [1.29, 1.82) is 0 Å². The molecule has 0 spiro atoms. The van der Waals surface area contributed by atoms with E-state index in [1.807, 2.05) is 11.4 Å². The maximum Gasteiger partial charge on any atom is 0.294 e. The van der Waals surface area contributed by atoms with E-state index in [0.29, 0.717) is 39.6 Å². The summed E-state index contributed by atoms with van der Waals surface area (Å²) in [5.41, 5.74) is 4.46. The fourth-order valence-corrected chi connectivity index (χ4v) is 5.27. The molecule has 4 heterocycles. The van der Waals surface area contributed by atoms with Crippen LogP contribution in [0.15, 0.2) is 58.5 Å². The molecular weight excluding hydrogens is 492 g/mol. The van der Waals surface area contributed by atoms with Crippen LogP contribution in [0.1, 0.15) is 11.3 Å². The predicted molar refractivity (Wildman–Crippen MR) is 134 cm³/mol. The van der Waals surface area contributed by atoms with Crippen molar-refractivity contribution < 1.29 is 13.9 Å². The Balaban J connectivity index is 1.27. The first kappa shape index (κ1) is 21.2. The van der Waals surface area contributed by atoms with Gasteiger partial charge in [-0.25, -0.2) is 14.5 Å². The van der Waals surface area contributed by atoms with E-state index in [1.165, 1.54) is 16.9 Å². The summed E-state index contributed by atoms with van der Waals surface area (Å²) < 4.78 is 19.0. The Hall–Kier alpha value is -3.40. The van der Waals surface area contributed by atoms with Crippen molar-refractivity contribution in [3.63, 3.8) is 0 Å². The number of imidazole rings is 1. The Kier molecular flexibility index (Phi) is 5.24. The number of furan rings is 1. The Morgan fingerprint density at radius 3 is 2.76 bits per heavy atom. The minimum absolute atomic E-state index is 0.322. The third-order valence-electron chi connectivity index (χ3n) is 5.24. The maximum atomic E-state index is 6.34. The van der Waals surface area contributed by atoms with Crippen molar-refractivity contribution in [2.24, 2.45) is 0 Å². The monoisotopic (exact) mass is 508 g/mol. The van der Waals surface area contributed by atoms with Gasteiger partial charge in [0, 0.05) is 22.0 Å². The van der Waals surface area contributed by atoms with Crippen LogP contribution in [0.5, 0.6) is 10.9 Å². The molecule has 0 fully saturated rings. The average Bonchev–Trinajstić information content (AvgIpc) is 3.59. The van der Waals surface area contributed by atoms with E-state index in [2.05, 4.69) is 41.3 Å². The van der Waals surface area contributed by atoms with Crippen LogP contribution < -0.4 is 9.47 Å². The van der Waals surface area contributed by atoms with Gasteiger partial charge in [0.1, 0.15) is 28.6 Å². The third-order valence-corrected chi connectivity index (χ3v) is 7.28. The van der Waals surface area contributed by atoms with Gasteiger partial charge < -0.3 is 13.9 Å². The number of thiazole rings is 1. The fraction of sp³-hybridized carbons (Fsp3) is 0.125. The molecule has 6 rings (SSSR count). The van der Waals surface area contributed by atoms with E-state index < -0.39 is 0 Å². The number of nitrogens with zero attached hydrogens (tertiary/aromatic N) is 4. The van der Waals surface area contributed by atoms with E-state index in [9.17, 15) is 0 Å². The van der Waals surface area contributed by atoms with Crippen LogP contribution in [-0.4, -0.2) is 26.7 Å². The minimum Gasteiger partial charge on any atom is -0.486 e. The topological polar surface area (TPSA) is 74.7 Å². The molecule has 7 nitrogen and oxygen atoms in total. The van der Waals surface area contributed by atoms with Crippen LogP contribution in [-0.2, 0) is 6.61 Å². The van der Waals surface area contributed by atoms with Crippen molar-refractivity contribution in [3.05, 3.63) is 70.3 Å². The van der Waals surface area contributed by atoms with Crippen molar-refractivity contribution in [2.75, 3.05) is 7.11 Å². The van der Waals surface area contributed by atoms with Gasteiger partial charge in [-0.3, -0.25) is 0 Å². The summed E-state index contributed by atoms with van der Waals surface area (Å²) in [6.45, 7) is 2.39. The first-order chi connectivity index (χ1) is 16.6. The highest BCUT2D eigenvalue weighted by molar-refractivity contribution is 7.18. The first-order valence-electron chi connectivity index (χ1n) is 10.3. The number of hydrogen-bond donors (Lipinski definition) is 0.